The minimum absolute atomic E-state index is 0.214. The van der Waals surface area contributed by atoms with Crippen molar-refractivity contribution in [3.63, 3.8) is 0 Å². The first kappa shape index (κ1) is 17.9. The van der Waals surface area contributed by atoms with Crippen molar-refractivity contribution >= 4 is 11.0 Å². The summed E-state index contributed by atoms with van der Waals surface area (Å²) in [6.07, 6.45) is 2.07. The molecule has 1 atom stereocenters. The fourth-order valence-electron chi connectivity index (χ4n) is 3.95. The van der Waals surface area contributed by atoms with Gasteiger partial charge in [0.2, 0.25) is 0 Å². The van der Waals surface area contributed by atoms with Gasteiger partial charge in [0.1, 0.15) is 11.6 Å². The molecule has 1 aliphatic rings. The number of para-hydroxylation sites is 2. The summed E-state index contributed by atoms with van der Waals surface area (Å²) >= 11 is 0. The summed E-state index contributed by atoms with van der Waals surface area (Å²) < 4.78 is 34.0. The smallest absolute Gasteiger partial charge is 0.320 e. The molecule has 1 aliphatic heterocycles. The van der Waals surface area contributed by atoms with E-state index in [9.17, 15) is 8.78 Å². The summed E-state index contributed by atoms with van der Waals surface area (Å²) in [5, 5.41) is 0. The number of likely N-dealkylation sites (tertiary alicyclic amines) is 1. The Morgan fingerprint density at radius 1 is 1.15 bits per heavy atom. The molecule has 0 saturated carbocycles. The minimum Gasteiger partial charge on any atom is -0.494 e. The fourth-order valence-corrected chi connectivity index (χ4v) is 3.95. The molecule has 0 aliphatic carbocycles. The molecule has 0 radical (unpaired) electrons. The molecule has 0 bridgehead atoms. The lowest BCUT2D eigenvalue weighted by Crippen LogP contribution is -2.25. The quantitative estimate of drug-likeness (QED) is 0.599. The van der Waals surface area contributed by atoms with Gasteiger partial charge in [-0.15, -0.1) is 0 Å². The van der Waals surface area contributed by atoms with Gasteiger partial charge in [-0.25, -0.2) is 4.98 Å². The van der Waals surface area contributed by atoms with Crippen LogP contribution in [0.25, 0.3) is 11.0 Å². The Balaban J connectivity index is 1.60. The van der Waals surface area contributed by atoms with Crippen LogP contribution >= 0.6 is 0 Å². The average molecular weight is 371 g/mol. The van der Waals surface area contributed by atoms with Crippen LogP contribution in [0.4, 0.5) is 8.78 Å². The lowest BCUT2D eigenvalue weighted by Gasteiger charge is -2.25. The van der Waals surface area contributed by atoms with E-state index in [-0.39, 0.29) is 6.04 Å². The zero-order valence-corrected chi connectivity index (χ0v) is 15.3. The second kappa shape index (κ2) is 7.64. The summed E-state index contributed by atoms with van der Waals surface area (Å²) in [5.74, 6) is 1.27. The first-order valence-corrected chi connectivity index (χ1v) is 9.38. The Bertz CT molecular complexity index is 907. The molecule has 0 spiro atoms. The third kappa shape index (κ3) is 3.54. The molecular formula is C21H23F2N3O. The molecule has 6 heteroatoms. The van der Waals surface area contributed by atoms with E-state index in [2.05, 4.69) is 22.0 Å². The van der Waals surface area contributed by atoms with E-state index in [1.165, 1.54) is 5.56 Å². The van der Waals surface area contributed by atoms with Gasteiger partial charge in [0, 0.05) is 6.04 Å². The van der Waals surface area contributed by atoms with Crippen LogP contribution in [0, 0.1) is 0 Å². The third-order valence-corrected chi connectivity index (χ3v) is 5.15. The van der Waals surface area contributed by atoms with Crippen molar-refractivity contribution in [3.05, 3.63) is 59.9 Å². The van der Waals surface area contributed by atoms with E-state index in [0.717, 1.165) is 29.7 Å². The Morgan fingerprint density at radius 2 is 1.93 bits per heavy atom. The van der Waals surface area contributed by atoms with Crippen LogP contribution in [-0.4, -0.2) is 27.6 Å². The molecule has 0 N–H and O–H groups in total. The summed E-state index contributed by atoms with van der Waals surface area (Å²) in [7, 11) is 0. The first-order valence-electron chi connectivity index (χ1n) is 9.38. The van der Waals surface area contributed by atoms with Crippen LogP contribution in [0.15, 0.2) is 48.5 Å². The van der Waals surface area contributed by atoms with Crippen LogP contribution in [0.2, 0.25) is 0 Å². The SMILES string of the molecule is CCOc1ccc(C2CCCN2Cc2nc3ccccc3n2C(F)F)cc1. The van der Waals surface area contributed by atoms with Crippen molar-refractivity contribution in [3.8, 4) is 5.75 Å². The number of hydrogen-bond donors (Lipinski definition) is 0. The van der Waals surface area contributed by atoms with Crippen molar-refractivity contribution < 1.29 is 13.5 Å². The summed E-state index contributed by atoms with van der Waals surface area (Å²) in [4.78, 5) is 6.73. The Kier molecular flexibility index (Phi) is 5.07. The van der Waals surface area contributed by atoms with Crippen LogP contribution in [-0.2, 0) is 6.54 Å². The Morgan fingerprint density at radius 3 is 2.67 bits per heavy atom. The van der Waals surface area contributed by atoms with Crippen molar-refractivity contribution in [1.82, 2.24) is 14.5 Å². The lowest BCUT2D eigenvalue weighted by atomic mass is 10.0. The number of fused-ring (bicyclic) bond motifs is 1. The number of nitrogens with zero attached hydrogens (tertiary/aromatic N) is 3. The largest absolute Gasteiger partial charge is 0.494 e. The number of alkyl halides is 2. The lowest BCUT2D eigenvalue weighted by molar-refractivity contribution is 0.0678. The first-order chi connectivity index (χ1) is 13.2. The molecule has 1 saturated heterocycles. The maximum atomic E-state index is 13.7. The zero-order chi connectivity index (χ0) is 18.8. The second-order valence-corrected chi connectivity index (χ2v) is 6.79. The maximum absolute atomic E-state index is 13.7. The molecule has 1 fully saturated rings. The number of imidazole rings is 1. The molecule has 142 valence electrons. The number of rotatable bonds is 6. The van der Waals surface area contributed by atoms with Gasteiger partial charge >= 0.3 is 6.55 Å². The van der Waals surface area contributed by atoms with Crippen LogP contribution in [0.3, 0.4) is 0 Å². The van der Waals surface area contributed by atoms with E-state index in [1.54, 1.807) is 18.2 Å². The summed E-state index contributed by atoms with van der Waals surface area (Å²) in [6, 6.07) is 15.4. The molecule has 2 heterocycles. The highest BCUT2D eigenvalue weighted by Gasteiger charge is 2.28. The van der Waals surface area contributed by atoms with Crippen molar-refractivity contribution in [2.75, 3.05) is 13.2 Å². The molecule has 1 aromatic heterocycles. The van der Waals surface area contributed by atoms with Crippen LogP contribution in [0.1, 0.15) is 43.7 Å². The molecule has 4 nitrogen and oxygen atoms in total. The second-order valence-electron chi connectivity index (χ2n) is 6.79. The number of benzene rings is 2. The molecule has 1 unspecified atom stereocenters. The van der Waals surface area contributed by atoms with Crippen molar-refractivity contribution in [2.24, 2.45) is 0 Å². The van der Waals surface area contributed by atoms with Gasteiger partial charge in [0.15, 0.2) is 0 Å². The highest BCUT2D eigenvalue weighted by atomic mass is 19.3. The highest BCUT2D eigenvalue weighted by Crippen LogP contribution is 2.35. The van der Waals surface area contributed by atoms with Crippen LogP contribution in [0.5, 0.6) is 5.75 Å². The average Bonchev–Trinajstić information content (AvgIpc) is 3.27. The standard InChI is InChI=1S/C21H23F2N3O/c1-2-27-16-11-9-15(10-12-16)18-8-5-13-25(18)14-20-24-17-6-3-4-7-19(17)26(20)21(22)23/h3-4,6-7,9-12,18,21H,2,5,8,13-14H2,1H3. The number of ether oxygens (including phenoxy) is 1. The van der Waals surface area contributed by atoms with E-state index in [0.29, 0.717) is 30.0 Å². The van der Waals surface area contributed by atoms with Gasteiger partial charge in [-0.2, -0.15) is 8.78 Å². The topological polar surface area (TPSA) is 30.3 Å². The van der Waals surface area contributed by atoms with E-state index < -0.39 is 6.55 Å². The van der Waals surface area contributed by atoms with Gasteiger partial charge in [0.05, 0.1) is 24.2 Å². The van der Waals surface area contributed by atoms with E-state index in [4.69, 9.17) is 4.74 Å². The predicted octanol–water partition coefficient (Wildman–Crippen LogP) is 5.17. The molecule has 0 amide bonds. The monoisotopic (exact) mass is 371 g/mol. The third-order valence-electron chi connectivity index (χ3n) is 5.15. The van der Waals surface area contributed by atoms with E-state index in [1.807, 2.05) is 25.1 Å². The normalized spacial score (nSPS) is 17.9. The van der Waals surface area contributed by atoms with Gasteiger partial charge < -0.3 is 4.74 Å². The van der Waals surface area contributed by atoms with Gasteiger partial charge in [-0.05, 0) is 56.1 Å². The number of aromatic nitrogens is 2. The van der Waals surface area contributed by atoms with Crippen LogP contribution < -0.4 is 4.74 Å². The van der Waals surface area contributed by atoms with Crippen molar-refractivity contribution in [1.29, 1.82) is 0 Å². The van der Waals surface area contributed by atoms with E-state index >= 15 is 0 Å². The minimum atomic E-state index is -2.60. The highest BCUT2D eigenvalue weighted by molar-refractivity contribution is 5.75. The molecule has 4 rings (SSSR count). The Hall–Kier alpha value is -2.47. The predicted molar refractivity (Wildman–Crippen MR) is 101 cm³/mol. The molecule has 2 aromatic carbocycles. The summed E-state index contributed by atoms with van der Waals surface area (Å²) in [5.41, 5.74) is 2.29. The van der Waals surface area contributed by atoms with Gasteiger partial charge in [-0.1, -0.05) is 24.3 Å². The molecule has 27 heavy (non-hydrogen) atoms. The zero-order valence-electron chi connectivity index (χ0n) is 15.3. The number of hydrogen-bond acceptors (Lipinski definition) is 3. The fraction of sp³-hybridized carbons (Fsp3) is 0.381. The Labute approximate surface area is 157 Å². The van der Waals surface area contributed by atoms with Crippen molar-refractivity contribution in [2.45, 2.75) is 38.9 Å². The van der Waals surface area contributed by atoms with Gasteiger partial charge in [-0.3, -0.25) is 9.47 Å². The number of halogens is 2. The maximum Gasteiger partial charge on any atom is 0.320 e. The van der Waals surface area contributed by atoms with Gasteiger partial charge in [0.25, 0.3) is 0 Å². The molecular weight excluding hydrogens is 348 g/mol. The summed E-state index contributed by atoms with van der Waals surface area (Å²) in [6.45, 7) is 1.29. The molecule has 3 aromatic rings.